The van der Waals surface area contributed by atoms with E-state index in [1.165, 1.54) is 12.8 Å². The molecule has 0 amide bonds. The maximum absolute atomic E-state index is 10.4. The first-order valence-electron chi connectivity index (χ1n) is 7.37. The van der Waals surface area contributed by atoms with Gasteiger partial charge in [-0.15, -0.1) is 0 Å². The zero-order valence-corrected chi connectivity index (χ0v) is 14.4. The van der Waals surface area contributed by atoms with Crippen LogP contribution >= 0.6 is 0 Å². The molecule has 0 aromatic rings. The van der Waals surface area contributed by atoms with Crippen LogP contribution in [0.25, 0.3) is 0 Å². The minimum absolute atomic E-state index is 0.0371. The van der Waals surface area contributed by atoms with Gasteiger partial charge in [-0.05, 0) is 19.0 Å². The highest BCUT2D eigenvalue weighted by molar-refractivity contribution is 7.85. The molecule has 0 unspecified atom stereocenters. The van der Waals surface area contributed by atoms with Crippen molar-refractivity contribution in [1.82, 2.24) is 9.80 Å². The molecule has 0 aliphatic carbocycles. The van der Waals surface area contributed by atoms with Crippen LogP contribution in [0.4, 0.5) is 0 Å². The molecule has 0 fully saturated rings. The van der Waals surface area contributed by atoms with Crippen molar-refractivity contribution in [2.45, 2.75) is 26.2 Å². The fourth-order valence-electron chi connectivity index (χ4n) is 1.58. The molecule has 0 bridgehead atoms. The Labute approximate surface area is 138 Å². The first-order valence-corrected chi connectivity index (χ1v) is 8.98. The van der Waals surface area contributed by atoms with Gasteiger partial charge in [-0.3, -0.25) is 4.55 Å². The average molecular weight is 346 g/mol. The molecule has 0 aromatic carbocycles. The van der Waals surface area contributed by atoms with Crippen LogP contribution < -0.4 is 0 Å². The summed E-state index contributed by atoms with van der Waals surface area (Å²) in [6.45, 7) is 11.2. The molecular weight excluding hydrogens is 320 g/mol. The van der Waals surface area contributed by atoms with Gasteiger partial charge in [-0.25, -0.2) is 4.79 Å². The third-order valence-electron chi connectivity index (χ3n) is 2.80. The summed E-state index contributed by atoms with van der Waals surface area (Å²) in [6.07, 6.45) is 9.63. The standard InChI is InChI=1S/C9H16N2.C6H10O5S/c1-3-5-6-11-8-7-10(4-2)9-11;1-2-6(7)11-4-3-5-12(8,9)10/h4,7-8H,2-3,5-6,9H2,1H3;2H,1,3-5H2,(H,8,9,10). The Bertz CT molecular complexity index is 502. The lowest BCUT2D eigenvalue weighted by Gasteiger charge is -2.17. The SMILES string of the molecule is C=CC(=O)OCCCS(=O)(=O)O.C=CN1C=CN(CCCC)C1. The second-order valence-corrected chi connectivity index (χ2v) is 6.39. The second-order valence-electron chi connectivity index (χ2n) is 4.81. The van der Waals surface area contributed by atoms with Crippen LogP contribution in [0.3, 0.4) is 0 Å². The number of esters is 1. The Morgan fingerprint density at radius 3 is 2.52 bits per heavy atom. The van der Waals surface area contributed by atoms with E-state index in [2.05, 4.69) is 47.0 Å². The molecule has 0 saturated carbocycles. The van der Waals surface area contributed by atoms with E-state index in [-0.39, 0.29) is 13.0 Å². The predicted molar refractivity (Wildman–Crippen MR) is 89.8 cm³/mol. The Kier molecular flexibility index (Phi) is 10.8. The summed E-state index contributed by atoms with van der Waals surface area (Å²) in [6, 6.07) is 0. The summed E-state index contributed by atoms with van der Waals surface area (Å²) in [5.74, 6) is -1.01. The van der Waals surface area contributed by atoms with Gasteiger partial charge in [-0.1, -0.05) is 26.5 Å². The molecule has 23 heavy (non-hydrogen) atoms. The molecule has 7 nitrogen and oxygen atoms in total. The zero-order valence-electron chi connectivity index (χ0n) is 13.6. The molecule has 1 aliphatic rings. The van der Waals surface area contributed by atoms with Crippen LogP contribution in [-0.4, -0.2) is 54.3 Å². The highest BCUT2D eigenvalue weighted by Gasteiger charge is 2.07. The molecule has 0 aromatic heterocycles. The molecule has 132 valence electrons. The summed E-state index contributed by atoms with van der Waals surface area (Å²) in [4.78, 5) is 14.8. The smallest absolute Gasteiger partial charge is 0.330 e. The zero-order chi connectivity index (χ0) is 17.7. The van der Waals surface area contributed by atoms with Gasteiger partial charge in [0, 0.05) is 25.0 Å². The summed E-state index contributed by atoms with van der Waals surface area (Å²) in [5.41, 5.74) is 0. The quantitative estimate of drug-likeness (QED) is 0.295. The molecule has 0 radical (unpaired) electrons. The van der Waals surface area contributed by atoms with E-state index in [0.717, 1.165) is 19.3 Å². The highest BCUT2D eigenvalue weighted by atomic mass is 32.2. The van der Waals surface area contributed by atoms with E-state index in [1.807, 2.05) is 6.20 Å². The van der Waals surface area contributed by atoms with Gasteiger partial charge < -0.3 is 14.5 Å². The van der Waals surface area contributed by atoms with Crippen LogP contribution in [0.5, 0.6) is 0 Å². The monoisotopic (exact) mass is 346 g/mol. The largest absolute Gasteiger partial charge is 0.463 e. The lowest BCUT2D eigenvalue weighted by molar-refractivity contribution is -0.137. The van der Waals surface area contributed by atoms with E-state index in [0.29, 0.717) is 0 Å². The first kappa shape index (κ1) is 21.2. The lowest BCUT2D eigenvalue weighted by atomic mass is 10.3. The Morgan fingerprint density at radius 2 is 2.04 bits per heavy atom. The van der Waals surface area contributed by atoms with Gasteiger partial charge in [0.05, 0.1) is 19.0 Å². The van der Waals surface area contributed by atoms with Gasteiger partial charge in [-0.2, -0.15) is 8.42 Å². The minimum Gasteiger partial charge on any atom is -0.463 e. The Hall–Kier alpha value is -1.80. The molecule has 1 heterocycles. The second kappa shape index (κ2) is 11.7. The van der Waals surface area contributed by atoms with Crippen molar-refractivity contribution in [3.63, 3.8) is 0 Å². The third-order valence-corrected chi connectivity index (χ3v) is 3.61. The van der Waals surface area contributed by atoms with Gasteiger partial charge in [0.2, 0.25) is 0 Å². The summed E-state index contributed by atoms with van der Waals surface area (Å²) in [7, 11) is -3.95. The molecule has 1 N–H and O–H groups in total. The van der Waals surface area contributed by atoms with E-state index in [4.69, 9.17) is 4.55 Å². The van der Waals surface area contributed by atoms with Crippen molar-refractivity contribution in [2.24, 2.45) is 0 Å². The summed E-state index contributed by atoms with van der Waals surface area (Å²) < 4.78 is 33.0. The number of hydrogen-bond donors (Lipinski definition) is 1. The highest BCUT2D eigenvalue weighted by Crippen LogP contribution is 2.07. The number of carbonyl (C=O) groups excluding carboxylic acids is 1. The Morgan fingerprint density at radius 1 is 1.35 bits per heavy atom. The van der Waals surface area contributed by atoms with Crippen molar-refractivity contribution in [3.8, 4) is 0 Å². The average Bonchev–Trinajstić information content (AvgIpc) is 2.97. The number of nitrogens with zero attached hydrogens (tertiary/aromatic N) is 2. The maximum atomic E-state index is 10.4. The summed E-state index contributed by atoms with van der Waals surface area (Å²) >= 11 is 0. The van der Waals surface area contributed by atoms with Crippen molar-refractivity contribution >= 4 is 16.1 Å². The van der Waals surface area contributed by atoms with E-state index in [9.17, 15) is 13.2 Å². The number of rotatable bonds is 9. The van der Waals surface area contributed by atoms with Crippen molar-refractivity contribution < 1.29 is 22.5 Å². The minimum atomic E-state index is -3.95. The Balaban J connectivity index is 0.000000422. The van der Waals surface area contributed by atoms with E-state index in [1.54, 1.807) is 0 Å². The lowest BCUT2D eigenvalue weighted by Crippen LogP contribution is -2.22. The number of ether oxygens (including phenoxy) is 1. The number of hydrogen-bond acceptors (Lipinski definition) is 6. The van der Waals surface area contributed by atoms with Crippen molar-refractivity contribution in [3.05, 3.63) is 37.8 Å². The van der Waals surface area contributed by atoms with Gasteiger partial charge >= 0.3 is 5.97 Å². The van der Waals surface area contributed by atoms with Gasteiger partial charge in [0.1, 0.15) is 0 Å². The van der Waals surface area contributed by atoms with Crippen LogP contribution in [0.15, 0.2) is 37.8 Å². The first-order chi connectivity index (χ1) is 10.8. The maximum Gasteiger partial charge on any atom is 0.330 e. The van der Waals surface area contributed by atoms with Crippen LogP contribution in [0.1, 0.15) is 26.2 Å². The fraction of sp³-hybridized carbons (Fsp3) is 0.533. The third kappa shape index (κ3) is 12.4. The molecule has 1 rings (SSSR count). The molecule has 1 aliphatic heterocycles. The number of unbranched alkanes of at least 4 members (excludes halogenated alkanes) is 1. The van der Waals surface area contributed by atoms with Crippen molar-refractivity contribution in [2.75, 3.05) is 25.6 Å². The van der Waals surface area contributed by atoms with Crippen LogP contribution in [0.2, 0.25) is 0 Å². The van der Waals surface area contributed by atoms with Crippen molar-refractivity contribution in [1.29, 1.82) is 0 Å². The molecule has 0 atom stereocenters. The summed E-state index contributed by atoms with van der Waals surface area (Å²) in [5, 5.41) is 0. The number of carbonyl (C=O) groups is 1. The van der Waals surface area contributed by atoms with Gasteiger partial charge in [0.25, 0.3) is 10.1 Å². The molecule has 8 heteroatoms. The topological polar surface area (TPSA) is 87.1 Å². The van der Waals surface area contributed by atoms with E-state index >= 15 is 0 Å². The normalized spacial score (nSPS) is 13.3. The fourth-order valence-corrected chi connectivity index (χ4v) is 2.06. The van der Waals surface area contributed by atoms with Crippen LogP contribution in [0, 0.1) is 0 Å². The molecular formula is C15H26N2O5S. The molecule has 0 saturated heterocycles. The predicted octanol–water partition coefficient (Wildman–Crippen LogP) is 1.97. The van der Waals surface area contributed by atoms with Crippen LogP contribution in [-0.2, 0) is 19.6 Å². The van der Waals surface area contributed by atoms with E-state index < -0.39 is 21.8 Å². The van der Waals surface area contributed by atoms with Gasteiger partial charge in [0.15, 0.2) is 0 Å². The molecule has 0 spiro atoms.